The highest BCUT2D eigenvalue weighted by molar-refractivity contribution is 6.02. The number of hydrogen-bond acceptors (Lipinski definition) is 8. The summed E-state index contributed by atoms with van der Waals surface area (Å²) in [5, 5.41) is 18.2. The van der Waals surface area contributed by atoms with Crippen LogP contribution in [0.4, 0.5) is 5.69 Å². The standard InChI is InChI=1S/C46H60N6O5/c1-28-23-34(24-29(2)35(28)26-47)57-41-43(3,4)40(44(41,5)6)50-38(54)32-7-9-33(10-8-32)51-19-13-30(14-20-51)25-31-15-21-52(22-16-31)46-18-17-45(46,27-46)42(56)48-36-11-12-37(53)49-39(36)55/h7-10,23-24,30-31,36,40-41H,11-22,25,27H2,1-6H3,(H,48,56)(H,50,54)(H,49,53,55). The van der Waals surface area contributed by atoms with Gasteiger partial charge < -0.3 is 20.3 Å². The molecule has 3 saturated carbocycles. The molecule has 2 aromatic rings. The summed E-state index contributed by atoms with van der Waals surface area (Å²) >= 11 is 0. The van der Waals surface area contributed by atoms with Crippen LogP contribution < -0.4 is 25.6 Å². The van der Waals surface area contributed by atoms with E-state index in [1.807, 2.05) is 38.1 Å². The second-order valence-electron chi connectivity index (χ2n) is 19.5. The minimum atomic E-state index is -0.600. The van der Waals surface area contributed by atoms with Crippen LogP contribution in [0.1, 0.15) is 119 Å². The average Bonchev–Trinajstić information content (AvgIpc) is 3.68. The number of benzene rings is 2. The first-order valence-corrected chi connectivity index (χ1v) is 21.3. The van der Waals surface area contributed by atoms with Gasteiger partial charge in [-0.2, -0.15) is 5.26 Å². The predicted octanol–water partition coefficient (Wildman–Crippen LogP) is 5.95. The molecular formula is C46H60N6O5. The third-order valence-electron chi connectivity index (χ3n) is 15.3. The van der Waals surface area contributed by atoms with E-state index in [1.54, 1.807) is 0 Å². The normalized spacial score (nSPS) is 30.8. The summed E-state index contributed by atoms with van der Waals surface area (Å²) in [4.78, 5) is 55.8. The largest absolute Gasteiger partial charge is 0.489 e. The highest BCUT2D eigenvalue weighted by Gasteiger charge is 2.80. The second kappa shape index (κ2) is 14.4. The quantitative estimate of drug-likeness (QED) is 0.252. The van der Waals surface area contributed by atoms with Crippen LogP contribution in [0.25, 0.3) is 0 Å². The number of anilines is 1. The van der Waals surface area contributed by atoms with E-state index >= 15 is 0 Å². The number of imide groups is 1. The average molecular weight is 777 g/mol. The van der Waals surface area contributed by atoms with Gasteiger partial charge in [-0.3, -0.25) is 29.4 Å². The minimum absolute atomic E-state index is 0.00332. The lowest BCUT2D eigenvalue weighted by molar-refractivity contribution is -0.164. The van der Waals surface area contributed by atoms with Crippen molar-refractivity contribution in [2.24, 2.45) is 28.1 Å². The molecule has 2 aromatic carbocycles. The van der Waals surface area contributed by atoms with Gasteiger partial charge in [0.25, 0.3) is 5.91 Å². The molecule has 57 heavy (non-hydrogen) atoms. The number of likely N-dealkylation sites (tertiary alicyclic amines) is 1. The van der Waals surface area contributed by atoms with Gasteiger partial charge in [0.1, 0.15) is 17.9 Å². The Morgan fingerprint density at radius 2 is 1.49 bits per heavy atom. The van der Waals surface area contributed by atoms with Crippen molar-refractivity contribution < 1.29 is 23.9 Å². The summed E-state index contributed by atoms with van der Waals surface area (Å²) in [6.45, 7) is 16.6. The number of nitriles is 1. The van der Waals surface area contributed by atoms with Crippen LogP contribution in [0.5, 0.6) is 5.75 Å². The lowest BCUT2D eigenvalue weighted by atomic mass is 9.49. The molecule has 6 aliphatic rings. The number of nitrogens with one attached hydrogen (secondary N) is 3. The van der Waals surface area contributed by atoms with Gasteiger partial charge in [-0.15, -0.1) is 0 Å². The van der Waals surface area contributed by atoms with Crippen LogP contribution in [0.3, 0.4) is 0 Å². The van der Waals surface area contributed by atoms with Gasteiger partial charge in [-0.25, -0.2) is 0 Å². The van der Waals surface area contributed by atoms with Crippen LogP contribution in [0.15, 0.2) is 36.4 Å². The van der Waals surface area contributed by atoms with Gasteiger partial charge in [-0.05, 0) is 144 Å². The Kier molecular flexibility index (Phi) is 9.98. The smallest absolute Gasteiger partial charge is 0.251 e. The molecule has 0 spiro atoms. The molecule has 0 aromatic heterocycles. The zero-order valence-electron chi connectivity index (χ0n) is 34.6. The highest BCUT2D eigenvalue weighted by Crippen LogP contribution is 2.74. The first kappa shape index (κ1) is 39.4. The van der Waals surface area contributed by atoms with Crippen LogP contribution >= 0.6 is 0 Å². The lowest BCUT2D eigenvalue weighted by Gasteiger charge is -2.63. The maximum atomic E-state index is 13.6. The van der Waals surface area contributed by atoms with Crippen molar-refractivity contribution in [3.05, 3.63) is 58.7 Å². The van der Waals surface area contributed by atoms with E-state index in [9.17, 15) is 24.4 Å². The van der Waals surface area contributed by atoms with Gasteiger partial charge >= 0.3 is 0 Å². The maximum absolute atomic E-state index is 13.6. The van der Waals surface area contributed by atoms with Crippen molar-refractivity contribution in [3.63, 3.8) is 0 Å². The number of ether oxygens (including phenoxy) is 1. The minimum Gasteiger partial charge on any atom is -0.489 e. The zero-order chi connectivity index (χ0) is 40.5. The molecule has 3 heterocycles. The Balaban J connectivity index is 0.775. The summed E-state index contributed by atoms with van der Waals surface area (Å²) in [7, 11) is 0. The lowest BCUT2D eigenvalue weighted by Crippen LogP contribution is -2.74. The third-order valence-corrected chi connectivity index (χ3v) is 15.3. The molecule has 3 atom stereocenters. The third kappa shape index (κ3) is 6.79. The van der Waals surface area contributed by atoms with E-state index in [1.165, 1.54) is 37.8 Å². The summed E-state index contributed by atoms with van der Waals surface area (Å²) < 4.78 is 6.55. The summed E-state index contributed by atoms with van der Waals surface area (Å²) in [5.41, 5.74) is 3.35. The number of aryl methyl sites for hydroxylation is 2. The predicted molar refractivity (Wildman–Crippen MR) is 217 cm³/mol. The van der Waals surface area contributed by atoms with Gasteiger partial charge in [0.15, 0.2) is 0 Å². The fourth-order valence-corrected chi connectivity index (χ4v) is 12.1. The Morgan fingerprint density at radius 3 is 2.05 bits per heavy atom. The Labute approximate surface area is 337 Å². The molecule has 3 N–H and O–H groups in total. The van der Waals surface area contributed by atoms with Crippen LogP contribution in [0, 0.1) is 53.3 Å². The molecule has 11 nitrogen and oxygen atoms in total. The molecule has 3 saturated heterocycles. The van der Waals surface area contributed by atoms with Crippen LogP contribution in [0.2, 0.25) is 0 Å². The van der Waals surface area contributed by atoms with Gasteiger partial charge in [0, 0.05) is 53.2 Å². The molecule has 0 radical (unpaired) electrons. The molecule has 6 fully saturated rings. The van der Waals surface area contributed by atoms with E-state index in [4.69, 9.17) is 4.74 Å². The Morgan fingerprint density at radius 1 is 0.877 bits per heavy atom. The van der Waals surface area contributed by atoms with Crippen molar-refractivity contribution in [2.45, 2.75) is 129 Å². The fourth-order valence-electron chi connectivity index (χ4n) is 12.1. The van der Waals surface area contributed by atoms with Crippen molar-refractivity contribution in [3.8, 4) is 11.8 Å². The van der Waals surface area contributed by atoms with Crippen molar-refractivity contribution in [2.75, 3.05) is 31.1 Å². The first-order valence-electron chi connectivity index (χ1n) is 21.3. The van der Waals surface area contributed by atoms with Crippen molar-refractivity contribution >= 4 is 29.3 Å². The summed E-state index contributed by atoms with van der Waals surface area (Å²) in [6.07, 6.45) is 9.34. The molecule has 304 valence electrons. The maximum Gasteiger partial charge on any atom is 0.251 e. The van der Waals surface area contributed by atoms with Gasteiger partial charge in [0.05, 0.1) is 17.0 Å². The van der Waals surface area contributed by atoms with E-state index in [-0.39, 0.29) is 64.0 Å². The molecule has 8 rings (SSSR count). The van der Waals surface area contributed by atoms with Gasteiger partial charge in [-0.1, -0.05) is 27.7 Å². The van der Waals surface area contributed by atoms with E-state index in [2.05, 4.69) is 71.6 Å². The number of carbonyl (C=O) groups is 4. The monoisotopic (exact) mass is 776 g/mol. The van der Waals surface area contributed by atoms with E-state index in [0.717, 1.165) is 68.2 Å². The molecule has 0 bridgehead atoms. The van der Waals surface area contributed by atoms with Crippen LogP contribution in [-0.4, -0.2) is 78.4 Å². The number of carbonyl (C=O) groups excluding carboxylic acids is 4. The van der Waals surface area contributed by atoms with Gasteiger partial charge in [0.2, 0.25) is 17.7 Å². The van der Waals surface area contributed by atoms with Crippen molar-refractivity contribution in [1.82, 2.24) is 20.9 Å². The number of amides is 4. The van der Waals surface area contributed by atoms with Crippen LogP contribution in [-0.2, 0) is 14.4 Å². The number of piperidine rings is 3. The van der Waals surface area contributed by atoms with E-state index < -0.39 is 6.04 Å². The Hall–Kier alpha value is -4.43. The molecule has 11 heteroatoms. The number of hydrogen-bond donors (Lipinski definition) is 3. The highest BCUT2D eigenvalue weighted by atomic mass is 16.5. The number of fused-ring (bicyclic) bond motifs is 1. The molecular weight excluding hydrogens is 717 g/mol. The number of nitrogens with zero attached hydrogens (tertiary/aromatic N) is 3. The fraction of sp³-hybridized carbons (Fsp3) is 0.630. The number of rotatable bonds is 10. The first-order chi connectivity index (χ1) is 27.1. The SMILES string of the molecule is Cc1cc(OC2C(C)(C)C(NC(=O)c3ccc(N4CCC(CC5CCN(C67CCC6(C(=O)NC6CCC(=O)NC6=O)C7)CC5)CC4)cc3)C2(C)C)cc(C)c1C#N. The topological polar surface area (TPSA) is 144 Å². The summed E-state index contributed by atoms with van der Waals surface area (Å²) in [5.74, 6) is 1.49. The molecule has 3 aliphatic carbocycles. The molecule has 3 aliphatic heterocycles. The van der Waals surface area contributed by atoms with E-state index in [0.29, 0.717) is 23.5 Å². The summed E-state index contributed by atoms with van der Waals surface area (Å²) in [6, 6.07) is 13.6. The Bertz CT molecular complexity index is 1950. The second-order valence-corrected chi connectivity index (χ2v) is 19.5. The zero-order valence-corrected chi connectivity index (χ0v) is 34.6. The molecule has 4 amide bonds. The van der Waals surface area contributed by atoms with Crippen molar-refractivity contribution in [1.29, 1.82) is 5.26 Å². The molecule has 3 unspecified atom stereocenters.